The minimum absolute atomic E-state index is 0.0352. The van der Waals surface area contributed by atoms with Crippen molar-refractivity contribution in [2.24, 2.45) is 0 Å². The molecule has 0 spiro atoms. The number of nitrogens with one attached hydrogen (secondary N) is 1. The molecule has 6 heteroatoms. The maximum atomic E-state index is 11.9. The van der Waals surface area contributed by atoms with E-state index in [1.165, 1.54) is 11.3 Å². The number of carbonyl (C=O) groups excluding carboxylic acids is 1. The normalized spacial score (nSPS) is 10.8. The van der Waals surface area contributed by atoms with Crippen LogP contribution in [-0.4, -0.2) is 20.3 Å². The summed E-state index contributed by atoms with van der Waals surface area (Å²) in [5.41, 5.74) is 1.96. The van der Waals surface area contributed by atoms with Gasteiger partial charge < -0.3 is 9.72 Å². The lowest BCUT2D eigenvalue weighted by Crippen LogP contribution is -2.13. The highest BCUT2D eigenvalue weighted by Crippen LogP contribution is 2.15. The summed E-state index contributed by atoms with van der Waals surface area (Å²) in [5.74, 6) is 0.859. The summed E-state index contributed by atoms with van der Waals surface area (Å²) in [4.78, 5) is 20.4. The molecule has 0 radical (unpaired) electrons. The van der Waals surface area contributed by atoms with Gasteiger partial charge in [-0.05, 0) is 19.1 Å². The van der Waals surface area contributed by atoms with Crippen LogP contribution in [0.3, 0.4) is 0 Å². The molecule has 0 saturated heterocycles. The number of pyridine rings is 1. The molecule has 1 N–H and O–H groups in total. The highest BCUT2D eigenvalue weighted by molar-refractivity contribution is 7.13. The average Bonchev–Trinajstić information content (AvgIpc) is 3.03. The van der Waals surface area contributed by atoms with Crippen molar-refractivity contribution in [2.45, 2.75) is 19.8 Å². The molecule has 0 unspecified atom stereocenters. The third kappa shape index (κ3) is 2.70. The zero-order valence-electron chi connectivity index (χ0n) is 11.0. The van der Waals surface area contributed by atoms with E-state index < -0.39 is 0 Å². The van der Waals surface area contributed by atoms with Crippen molar-refractivity contribution in [1.82, 2.24) is 14.4 Å². The molecular formula is C14H14N4OS. The van der Waals surface area contributed by atoms with Crippen LogP contribution in [0, 0.1) is 6.92 Å². The number of aromatic nitrogens is 3. The number of thiazole rings is 1. The summed E-state index contributed by atoms with van der Waals surface area (Å²) < 4.78 is 2.00. The summed E-state index contributed by atoms with van der Waals surface area (Å²) in [6.07, 6.45) is 4.78. The van der Waals surface area contributed by atoms with Gasteiger partial charge in [0.05, 0.1) is 17.4 Å². The molecule has 3 aromatic heterocycles. The number of nitrogens with zero attached hydrogens (tertiary/aromatic N) is 3. The van der Waals surface area contributed by atoms with Crippen molar-refractivity contribution in [3.63, 3.8) is 0 Å². The van der Waals surface area contributed by atoms with Gasteiger partial charge in [0.25, 0.3) is 0 Å². The molecule has 3 aromatic rings. The first kappa shape index (κ1) is 12.8. The van der Waals surface area contributed by atoms with E-state index in [-0.39, 0.29) is 5.91 Å². The Balaban J connectivity index is 1.63. The van der Waals surface area contributed by atoms with Crippen molar-refractivity contribution in [3.8, 4) is 0 Å². The van der Waals surface area contributed by atoms with E-state index in [0.29, 0.717) is 18.0 Å². The van der Waals surface area contributed by atoms with Gasteiger partial charge in [-0.2, -0.15) is 0 Å². The second-order valence-corrected chi connectivity index (χ2v) is 5.37. The number of anilines is 1. The Labute approximate surface area is 120 Å². The highest BCUT2D eigenvalue weighted by atomic mass is 32.1. The number of fused-ring (bicyclic) bond motifs is 1. The number of hydrogen-bond donors (Lipinski definition) is 1. The molecule has 1 amide bonds. The Kier molecular flexibility index (Phi) is 3.47. The van der Waals surface area contributed by atoms with Crippen LogP contribution in [0.25, 0.3) is 5.52 Å². The molecule has 5 nitrogen and oxygen atoms in total. The number of amides is 1. The van der Waals surface area contributed by atoms with Crippen LogP contribution >= 0.6 is 11.3 Å². The summed E-state index contributed by atoms with van der Waals surface area (Å²) in [7, 11) is 0. The molecule has 0 saturated carbocycles. The minimum Gasteiger partial charge on any atom is -0.304 e. The predicted molar refractivity (Wildman–Crippen MR) is 79.0 cm³/mol. The smallest absolute Gasteiger partial charge is 0.226 e. The first-order chi connectivity index (χ1) is 9.72. The lowest BCUT2D eigenvalue weighted by Gasteiger charge is -2.02. The monoisotopic (exact) mass is 286 g/mol. The highest BCUT2D eigenvalue weighted by Gasteiger charge is 2.08. The van der Waals surface area contributed by atoms with Crippen LogP contribution in [0.5, 0.6) is 0 Å². The summed E-state index contributed by atoms with van der Waals surface area (Å²) >= 11 is 1.44. The van der Waals surface area contributed by atoms with E-state index in [2.05, 4.69) is 15.3 Å². The second-order valence-electron chi connectivity index (χ2n) is 4.51. The summed E-state index contributed by atoms with van der Waals surface area (Å²) in [5, 5.41) is 5.37. The summed E-state index contributed by atoms with van der Waals surface area (Å²) in [6, 6.07) is 5.92. The number of aryl methyl sites for hydroxylation is 2. The molecule has 3 rings (SSSR count). The van der Waals surface area contributed by atoms with Crippen LogP contribution < -0.4 is 5.32 Å². The standard InChI is InChI=1S/C14H14N4OS/c1-10-9-20-14(16-10)17-13(19)6-5-12-15-8-11-4-2-3-7-18(11)12/h2-4,7-9H,5-6H2,1H3,(H,16,17,19). The lowest BCUT2D eigenvalue weighted by molar-refractivity contribution is -0.116. The number of rotatable bonds is 4. The molecule has 0 atom stereocenters. The van der Waals surface area contributed by atoms with Crippen molar-refractivity contribution in [2.75, 3.05) is 5.32 Å². The Morgan fingerprint density at radius 3 is 3.15 bits per heavy atom. The molecule has 102 valence electrons. The van der Waals surface area contributed by atoms with Crippen molar-refractivity contribution < 1.29 is 4.79 Å². The second kappa shape index (κ2) is 5.42. The van der Waals surface area contributed by atoms with Crippen molar-refractivity contribution in [1.29, 1.82) is 0 Å². The number of imidazole rings is 1. The van der Waals surface area contributed by atoms with E-state index in [0.717, 1.165) is 17.0 Å². The van der Waals surface area contributed by atoms with Gasteiger partial charge >= 0.3 is 0 Å². The maximum Gasteiger partial charge on any atom is 0.226 e. The SMILES string of the molecule is Cc1csc(NC(=O)CCc2ncc3ccccn23)n1. The molecule has 0 aliphatic carbocycles. The van der Waals surface area contributed by atoms with E-state index in [9.17, 15) is 4.79 Å². The van der Waals surface area contributed by atoms with Gasteiger partial charge in [-0.25, -0.2) is 9.97 Å². The zero-order chi connectivity index (χ0) is 13.9. The Morgan fingerprint density at radius 1 is 1.45 bits per heavy atom. The van der Waals surface area contributed by atoms with Crippen LogP contribution in [-0.2, 0) is 11.2 Å². The molecule has 0 aliphatic heterocycles. The van der Waals surface area contributed by atoms with Crippen LogP contribution in [0.4, 0.5) is 5.13 Å². The van der Waals surface area contributed by atoms with Crippen molar-refractivity contribution in [3.05, 3.63) is 47.5 Å². The Morgan fingerprint density at radius 2 is 2.35 bits per heavy atom. The van der Waals surface area contributed by atoms with E-state index in [1.807, 2.05) is 47.3 Å². The first-order valence-corrected chi connectivity index (χ1v) is 7.23. The molecule has 3 heterocycles. The summed E-state index contributed by atoms with van der Waals surface area (Å²) in [6.45, 7) is 1.91. The molecule has 0 bridgehead atoms. The van der Waals surface area contributed by atoms with Gasteiger partial charge in [-0.1, -0.05) is 6.07 Å². The van der Waals surface area contributed by atoms with Gasteiger partial charge in [0.1, 0.15) is 5.82 Å². The number of hydrogen-bond acceptors (Lipinski definition) is 4. The molecular weight excluding hydrogens is 272 g/mol. The third-order valence-corrected chi connectivity index (χ3v) is 3.83. The quantitative estimate of drug-likeness (QED) is 0.802. The van der Waals surface area contributed by atoms with Crippen LogP contribution in [0.15, 0.2) is 36.0 Å². The Hall–Kier alpha value is -2.21. The van der Waals surface area contributed by atoms with Gasteiger partial charge in [0.15, 0.2) is 5.13 Å². The average molecular weight is 286 g/mol. The van der Waals surface area contributed by atoms with Gasteiger partial charge in [0, 0.05) is 24.4 Å². The van der Waals surface area contributed by atoms with Gasteiger partial charge in [0.2, 0.25) is 5.91 Å². The third-order valence-electron chi connectivity index (χ3n) is 2.96. The fourth-order valence-corrected chi connectivity index (χ4v) is 2.71. The first-order valence-electron chi connectivity index (χ1n) is 6.35. The molecule has 0 aromatic carbocycles. The molecule has 0 aliphatic rings. The van der Waals surface area contributed by atoms with Gasteiger partial charge in [-0.15, -0.1) is 11.3 Å². The van der Waals surface area contributed by atoms with Crippen LogP contribution in [0.1, 0.15) is 17.9 Å². The molecule has 20 heavy (non-hydrogen) atoms. The lowest BCUT2D eigenvalue weighted by atomic mass is 10.3. The predicted octanol–water partition coefficient (Wildman–Crippen LogP) is 2.67. The fraction of sp³-hybridized carbons (Fsp3) is 0.214. The van der Waals surface area contributed by atoms with E-state index >= 15 is 0 Å². The Bertz CT molecular complexity index is 746. The minimum atomic E-state index is -0.0352. The van der Waals surface area contributed by atoms with E-state index in [4.69, 9.17) is 0 Å². The maximum absolute atomic E-state index is 11.9. The fourth-order valence-electron chi connectivity index (χ4n) is 2.00. The van der Waals surface area contributed by atoms with E-state index in [1.54, 1.807) is 0 Å². The topological polar surface area (TPSA) is 59.3 Å². The van der Waals surface area contributed by atoms with Crippen LogP contribution in [0.2, 0.25) is 0 Å². The van der Waals surface area contributed by atoms with Gasteiger partial charge in [-0.3, -0.25) is 4.79 Å². The number of carbonyl (C=O) groups is 1. The largest absolute Gasteiger partial charge is 0.304 e. The zero-order valence-corrected chi connectivity index (χ0v) is 11.9. The van der Waals surface area contributed by atoms with Crippen molar-refractivity contribution >= 4 is 27.9 Å². The molecule has 0 fully saturated rings.